The molecule has 2 rings (SSSR count). The van der Waals surface area contributed by atoms with Crippen LogP contribution in [0.3, 0.4) is 0 Å². The molecule has 6 heteroatoms. The van der Waals surface area contributed by atoms with Gasteiger partial charge in [0.05, 0.1) is 0 Å². The van der Waals surface area contributed by atoms with Gasteiger partial charge in [0.2, 0.25) is 11.8 Å². The molecule has 1 fully saturated rings. The molecule has 1 saturated carbocycles. The summed E-state index contributed by atoms with van der Waals surface area (Å²) in [5.41, 5.74) is 0. The number of carbonyl (C=O) groups is 2. The lowest BCUT2D eigenvalue weighted by atomic mass is 9.84. The number of hydrogen-bond acceptors (Lipinski definition) is 4. The number of carbonyl (C=O) groups excluding carboxylic acids is 2. The first-order valence-corrected chi connectivity index (χ1v) is 7.55. The summed E-state index contributed by atoms with van der Waals surface area (Å²) in [6, 6.07) is 1.71. The molecule has 1 N–H and O–H groups in total. The Morgan fingerprint density at radius 1 is 1.52 bits per heavy atom. The van der Waals surface area contributed by atoms with Crippen LogP contribution in [0.15, 0.2) is 10.6 Å². The molecule has 0 aromatic carbocycles. The third-order valence-electron chi connectivity index (χ3n) is 4.07. The number of hydrogen-bond donors (Lipinski definition) is 1. The molecule has 1 heterocycles. The van der Waals surface area contributed by atoms with Crippen LogP contribution < -0.4 is 5.32 Å². The van der Waals surface area contributed by atoms with Crippen molar-refractivity contribution in [3.63, 3.8) is 0 Å². The largest absolute Gasteiger partial charge is 0.360 e. The average molecular weight is 293 g/mol. The number of nitrogens with zero attached hydrogens (tertiary/aromatic N) is 2. The first-order valence-electron chi connectivity index (χ1n) is 7.55. The van der Waals surface area contributed by atoms with E-state index in [-0.39, 0.29) is 30.3 Å². The third-order valence-corrected chi connectivity index (χ3v) is 4.07. The fourth-order valence-electron chi connectivity index (χ4n) is 2.32. The average Bonchev–Trinajstić information content (AvgIpc) is 2.78. The zero-order valence-corrected chi connectivity index (χ0v) is 12.9. The molecule has 1 aliphatic carbocycles. The van der Waals surface area contributed by atoms with Crippen LogP contribution >= 0.6 is 0 Å². The van der Waals surface area contributed by atoms with E-state index in [1.807, 2.05) is 13.8 Å². The van der Waals surface area contributed by atoms with E-state index >= 15 is 0 Å². The van der Waals surface area contributed by atoms with Crippen LogP contribution in [-0.2, 0) is 9.59 Å². The number of rotatable bonds is 6. The molecule has 21 heavy (non-hydrogen) atoms. The van der Waals surface area contributed by atoms with Crippen molar-refractivity contribution in [3.8, 4) is 0 Å². The Kier molecular flexibility index (Phi) is 4.98. The summed E-state index contributed by atoms with van der Waals surface area (Å²) in [5.74, 6) is 0.978. The minimum absolute atomic E-state index is 0.0582. The van der Waals surface area contributed by atoms with Gasteiger partial charge in [-0.25, -0.2) is 0 Å². The minimum atomic E-state index is -0.240. The van der Waals surface area contributed by atoms with Crippen LogP contribution in [0, 0.1) is 12.8 Å². The molecule has 0 saturated heterocycles. The number of nitrogens with one attached hydrogen (secondary N) is 1. The molecule has 6 nitrogen and oxygen atoms in total. The van der Waals surface area contributed by atoms with E-state index < -0.39 is 0 Å². The molecular weight excluding hydrogens is 270 g/mol. The fraction of sp³-hybridized carbons (Fsp3) is 0.667. The van der Waals surface area contributed by atoms with Crippen molar-refractivity contribution in [1.82, 2.24) is 10.1 Å². The predicted molar refractivity (Wildman–Crippen MR) is 78.7 cm³/mol. The standard InChI is InChI=1S/C15H23N3O3/c1-4-10(2)18(15(20)12-6-5-7-12)9-14(19)16-13-8-11(3)21-17-13/h8,10,12H,4-7,9H2,1-3H3,(H,16,17,19). The van der Waals surface area contributed by atoms with E-state index in [4.69, 9.17) is 4.52 Å². The molecule has 0 aliphatic heterocycles. The van der Waals surface area contributed by atoms with Gasteiger partial charge in [0.15, 0.2) is 5.82 Å². The van der Waals surface area contributed by atoms with Crippen molar-refractivity contribution in [2.24, 2.45) is 5.92 Å². The lowest BCUT2D eigenvalue weighted by Gasteiger charge is -2.34. The Morgan fingerprint density at radius 2 is 2.24 bits per heavy atom. The molecular formula is C15H23N3O3. The van der Waals surface area contributed by atoms with Gasteiger partial charge in [0.25, 0.3) is 0 Å². The monoisotopic (exact) mass is 293 g/mol. The van der Waals surface area contributed by atoms with E-state index in [9.17, 15) is 9.59 Å². The van der Waals surface area contributed by atoms with Crippen molar-refractivity contribution in [2.75, 3.05) is 11.9 Å². The van der Waals surface area contributed by atoms with Gasteiger partial charge in [-0.2, -0.15) is 0 Å². The number of aromatic nitrogens is 1. The summed E-state index contributed by atoms with van der Waals surface area (Å²) in [4.78, 5) is 26.2. The SMILES string of the molecule is CCC(C)N(CC(=O)Nc1cc(C)on1)C(=O)C1CCC1. The van der Waals surface area contributed by atoms with E-state index in [1.54, 1.807) is 17.9 Å². The van der Waals surface area contributed by atoms with Gasteiger partial charge in [-0.3, -0.25) is 9.59 Å². The van der Waals surface area contributed by atoms with E-state index in [0.29, 0.717) is 11.6 Å². The number of amides is 2. The molecule has 1 aromatic heterocycles. The normalized spacial score (nSPS) is 16.1. The summed E-state index contributed by atoms with van der Waals surface area (Å²) in [7, 11) is 0. The lowest BCUT2D eigenvalue weighted by molar-refractivity contribution is -0.142. The molecule has 1 aliphatic rings. The summed E-state index contributed by atoms with van der Waals surface area (Å²) in [6.07, 6.45) is 3.82. The topological polar surface area (TPSA) is 75.4 Å². The highest BCUT2D eigenvalue weighted by Crippen LogP contribution is 2.29. The summed E-state index contributed by atoms with van der Waals surface area (Å²) in [5, 5.41) is 6.39. The Bertz CT molecular complexity index is 508. The Hall–Kier alpha value is -1.85. The van der Waals surface area contributed by atoms with Crippen LogP contribution in [0.25, 0.3) is 0 Å². The van der Waals surface area contributed by atoms with Gasteiger partial charge in [-0.15, -0.1) is 0 Å². The molecule has 0 spiro atoms. The third kappa shape index (κ3) is 3.83. The Morgan fingerprint density at radius 3 is 2.71 bits per heavy atom. The second-order valence-corrected chi connectivity index (χ2v) is 5.72. The first kappa shape index (κ1) is 15.5. The van der Waals surface area contributed by atoms with Gasteiger partial charge in [0, 0.05) is 18.0 Å². The van der Waals surface area contributed by atoms with Crippen molar-refractivity contribution in [1.29, 1.82) is 0 Å². The maximum absolute atomic E-state index is 12.4. The number of aryl methyl sites for hydroxylation is 1. The predicted octanol–water partition coefficient (Wildman–Crippen LogP) is 2.35. The molecule has 0 bridgehead atoms. The van der Waals surface area contributed by atoms with Crippen LogP contribution in [-0.4, -0.2) is 34.5 Å². The van der Waals surface area contributed by atoms with Gasteiger partial charge in [-0.1, -0.05) is 18.5 Å². The van der Waals surface area contributed by atoms with Crippen molar-refractivity contribution >= 4 is 17.6 Å². The summed E-state index contributed by atoms with van der Waals surface area (Å²) < 4.78 is 4.91. The highest BCUT2D eigenvalue weighted by atomic mass is 16.5. The Balaban J connectivity index is 1.96. The van der Waals surface area contributed by atoms with Gasteiger partial charge in [0.1, 0.15) is 12.3 Å². The van der Waals surface area contributed by atoms with Crippen molar-refractivity contribution < 1.29 is 14.1 Å². The summed E-state index contributed by atoms with van der Waals surface area (Å²) in [6.45, 7) is 5.82. The van der Waals surface area contributed by atoms with Crippen molar-refractivity contribution in [2.45, 2.75) is 52.5 Å². The quantitative estimate of drug-likeness (QED) is 0.873. The first-order chi connectivity index (χ1) is 10.0. The van der Waals surface area contributed by atoms with Crippen LogP contribution in [0.5, 0.6) is 0 Å². The van der Waals surface area contributed by atoms with Gasteiger partial charge >= 0.3 is 0 Å². The molecule has 1 atom stereocenters. The minimum Gasteiger partial charge on any atom is -0.360 e. The van der Waals surface area contributed by atoms with E-state index in [1.165, 1.54) is 0 Å². The Labute approximate surface area is 124 Å². The molecule has 1 unspecified atom stereocenters. The van der Waals surface area contributed by atoms with E-state index in [2.05, 4.69) is 10.5 Å². The lowest BCUT2D eigenvalue weighted by Crippen LogP contribution is -2.47. The molecule has 0 radical (unpaired) electrons. The molecule has 116 valence electrons. The maximum Gasteiger partial charge on any atom is 0.245 e. The maximum atomic E-state index is 12.4. The van der Waals surface area contributed by atoms with Crippen LogP contribution in [0.2, 0.25) is 0 Å². The zero-order chi connectivity index (χ0) is 15.4. The fourth-order valence-corrected chi connectivity index (χ4v) is 2.32. The van der Waals surface area contributed by atoms with Crippen molar-refractivity contribution in [3.05, 3.63) is 11.8 Å². The van der Waals surface area contributed by atoms with Crippen LogP contribution in [0.1, 0.15) is 45.3 Å². The van der Waals surface area contributed by atoms with E-state index in [0.717, 1.165) is 25.7 Å². The second-order valence-electron chi connectivity index (χ2n) is 5.72. The van der Waals surface area contributed by atoms with Gasteiger partial charge in [-0.05, 0) is 33.1 Å². The molecule has 1 aromatic rings. The molecule has 2 amide bonds. The zero-order valence-electron chi connectivity index (χ0n) is 12.9. The highest BCUT2D eigenvalue weighted by Gasteiger charge is 2.32. The van der Waals surface area contributed by atoms with Gasteiger partial charge < -0.3 is 14.7 Å². The smallest absolute Gasteiger partial charge is 0.245 e. The summed E-state index contributed by atoms with van der Waals surface area (Å²) >= 11 is 0. The second kappa shape index (κ2) is 6.74. The highest BCUT2D eigenvalue weighted by molar-refractivity contribution is 5.94. The number of anilines is 1. The van der Waals surface area contributed by atoms with Crippen LogP contribution in [0.4, 0.5) is 5.82 Å².